The topological polar surface area (TPSA) is 83.0 Å². The Balaban J connectivity index is 1.76. The molecule has 4 rings (SSSR count). The first-order chi connectivity index (χ1) is 11.7. The summed E-state index contributed by atoms with van der Waals surface area (Å²) < 4.78 is 7.40. The minimum absolute atomic E-state index is 0.326. The predicted molar refractivity (Wildman–Crippen MR) is 90.6 cm³/mol. The second-order valence-electron chi connectivity index (χ2n) is 5.99. The van der Waals surface area contributed by atoms with Gasteiger partial charge in [-0.2, -0.15) is 0 Å². The van der Waals surface area contributed by atoms with Gasteiger partial charge in [-0.05, 0) is 42.2 Å². The standard InChI is InChI=1S/C18H18N4O2/c19-18(23)15-4-2-1-3-14(15)12-5-6-17-16(11-12)20-21-22(17)13-7-9-24-10-8-13/h1-6,11,13H,7-10H2,(H2,19,23). The zero-order valence-electron chi connectivity index (χ0n) is 13.2. The van der Waals surface area contributed by atoms with E-state index < -0.39 is 5.91 Å². The lowest BCUT2D eigenvalue weighted by molar-refractivity contribution is 0.0669. The van der Waals surface area contributed by atoms with Crippen LogP contribution in [0.25, 0.3) is 22.2 Å². The van der Waals surface area contributed by atoms with E-state index in [1.54, 1.807) is 6.07 Å². The van der Waals surface area contributed by atoms with Gasteiger partial charge in [0.25, 0.3) is 0 Å². The lowest BCUT2D eigenvalue weighted by atomic mass is 9.99. The van der Waals surface area contributed by atoms with E-state index in [4.69, 9.17) is 10.5 Å². The molecule has 0 aliphatic carbocycles. The van der Waals surface area contributed by atoms with Crippen molar-refractivity contribution in [3.05, 3.63) is 48.0 Å². The Morgan fingerprint density at radius 3 is 2.75 bits per heavy atom. The molecule has 2 aromatic carbocycles. The van der Waals surface area contributed by atoms with Crippen LogP contribution in [-0.4, -0.2) is 34.1 Å². The summed E-state index contributed by atoms with van der Waals surface area (Å²) in [6, 6.07) is 13.6. The van der Waals surface area contributed by atoms with Gasteiger partial charge in [-0.15, -0.1) is 5.10 Å². The molecule has 0 bridgehead atoms. The Bertz CT molecular complexity index is 897. The van der Waals surface area contributed by atoms with E-state index in [2.05, 4.69) is 10.3 Å². The predicted octanol–water partition coefficient (Wildman–Crippen LogP) is 2.55. The smallest absolute Gasteiger partial charge is 0.249 e. The van der Waals surface area contributed by atoms with E-state index >= 15 is 0 Å². The summed E-state index contributed by atoms with van der Waals surface area (Å²) in [5, 5.41) is 8.64. The summed E-state index contributed by atoms with van der Waals surface area (Å²) in [7, 11) is 0. The van der Waals surface area contributed by atoms with Gasteiger partial charge >= 0.3 is 0 Å². The van der Waals surface area contributed by atoms with Gasteiger partial charge in [0.15, 0.2) is 0 Å². The van der Waals surface area contributed by atoms with E-state index in [1.807, 2.05) is 41.1 Å². The highest BCUT2D eigenvalue weighted by molar-refractivity contribution is 6.00. The Kier molecular flexibility index (Phi) is 3.74. The number of amides is 1. The van der Waals surface area contributed by atoms with Crippen LogP contribution in [0.2, 0.25) is 0 Å². The fourth-order valence-corrected chi connectivity index (χ4v) is 3.26. The summed E-state index contributed by atoms with van der Waals surface area (Å²) in [4.78, 5) is 11.6. The normalized spacial score (nSPS) is 15.7. The molecule has 2 heterocycles. The molecule has 0 radical (unpaired) electrons. The lowest BCUT2D eigenvalue weighted by Crippen LogP contribution is -2.20. The third-order valence-electron chi connectivity index (χ3n) is 4.51. The zero-order chi connectivity index (χ0) is 16.5. The highest BCUT2D eigenvalue weighted by Gasteiger charge is 2.19. The van der Waals surface area contributed by atoms with Crippen molar-refractivity contribution in [2.24, 2.45) is 5.73 Å². The Hall–Kier alpha value is -2.73. The molecule has 0 unspecified atom stereocenters. The summed E-state index contributed by atoms with van der Waals surface area (Å²) in [5.41, 5.74) is 9.54. The number of nitrogens with two attached hydrogens (primary N) is 1. The summed E-state index contributed by atoms with van der Waals surface area (Å²) >= 11 is 0. The van der Waals surface area contributed by atoms with E-state index in [9.17, 15) is 4.79 Å². The van der Waals surface area contributed by atoms with Gasteiger partial charge in [0.1, 0.15) is 5.52 Å². The molecule has 1 aromatic heterocycles. The number of rotatable bonds is 3. The third-order valence-corrected chi connectivity index (χ3v) is 4.51. The highest BCUT2D eigenvalue weighted by Crippen LogP contribution is 2.29. The van der Waals surface area contributed by atoms with E-state index in [0.29, 0.717) is 11.6 Å². The number of carbonyl (C=O) groups excluding carboxylic acids is 1. The number of hydrogen-bond acceptors (Lipinski definition) is 4. The van der Waals surface area contributed by atoms with Gasteiger partial charge in [0.2, 0.25) is 5.91 Å². The second kappa shape index (κ2) is 6.05. The van der Waals surface area contributed by atoms with Crippen LogP contribution in [0.3, 0.4) is 0 Å². The van der Waals surface area contributed by atoms with Crippen LogP contribution in [0.5, 0.6) is 0 Å². The van der Waals surface area contributed by atoms with Crippen LogP contribution in [0, 0.1) is 0 Å². The summed E-state index contributed by atoms with van der Waals surface area (Å²) in [6.07, 6.45) is 1.90. The number of benzene rings is 2. The summed E-state index contributed by atoms with van der Waals surface area (Å²) in [6.45, 7) is 1.52. The molecule has 0 saturated carbocycles. The SMILES string of the molecule is NC(=O)c1ccccc1-c1ccc2c(c1)nnn2C1CCOCC1. The Labute approximate surface area is 139 Å². The van der Waals surface area contributed by atoms with Crippen LogP contribution >= 0.6 is 0 Å². The molecule has 24 heavy (non-hydrogen) atoms. The number of primary amides is 1. The van der Waals surface area contributed by atoms with Crippen molar-refractivity contribution >= 4 is 16.9 Å². The van der Waals surface area contributed by atoms with E-state index in [-0.39, 0.29) is 0 Å². The number of hydrogen-bond donors (Lipinski definition) is 1. The average molecular weight is 322 g/mol. The molecule has 0 atom stereocenters. The average Bonchev–Trinajstić information content (AvgIpc) is 3.05. The first-order valence-electron chi connectivity index (χ1n) is 8.06. The number of carbonyl (C=O) groups is 1. The Morgan fingerprint density at radius 2 is 1.96 bits per heavy atom. The third kappa shape index (κ3) is 2.55. The summed E-state index contributed by atoms with van der Waals surface area (Å²) in [5.74, 6) is -0.434. The van der Waals surface area contributed by atoms with Crippen LogP contribution < -0.4 is 5.73 Å². The fourth-order valence-electron chi connectivity index (χ4n) is 3.26. The number of nitrogens with zero attached hydrogens (tertiary/aromatic N) is 3. The quantitative estimate of drug-likeness (QED) is 0.803. The minimum Gasteiger partial charge on any atom is -0.381 e. The first kappa shape index (κ1) is 14.8. The zero-order valence-corrected chi connectivity index (χ0v) is 13.2. The van der Waals surface area contributed by atoms with Crippen LogP contribution in [-0.2, 0) is 4.74 Å². The second-order valence-corrected chi connectivity index (χ2v) is 5.99. The molecule has 0 spiro atoms. The van der Waals surface area contributed by atoms with Crippen LogP contribution in [0.4, 0.5) is 0 Å². The van der Waals surface area contributed by atoms with Crippen molar-refractivity contribution in [1.82, 2.24) is 15.0 Å². The minimum atomic E-state index is -0.434. The van der Waals surface area contributed by atoms with Gasteiger partial charge in [-0.1, -0.05) is 29.5 Å². The van der Waals surface area contributed by atoms with Crippen LogP contribution in [0.1, 0.15) is 29.2 Å². The number of fused-ring (bicyclic) bond motifs is 1. The molecular formula is C18H18N4O2. The first-order valence-corrected chi connectivity index (χ1v) is 8.06. The number of aromatic nitrogens is 3. The molecular weight excluding hydrogens is 304 g/mol. The van der Waals surface area contributed by atoms with Gasteiger partial charge in [0.05, 0.1) is 11.6 Å². The largest absolute Gasteiger partial charge is 0.381 e. The Morgan fingerprint density at radius 1 is 1.17 bits per heavy atom. The van der Waals surface area contributed by atoms with Gasteiger partial charge in [-0.3, -0.25) is 4.79 Å². The van der Waals surface area contributed by atoms with Crippen molar-refractivity contribution in [3.8, 4) is 11.1 Å². The fraction of sp³-hybridized carbons (Fsp3) is 0.278. The maximum atomic E-state index is 11.6. The number of ether oxygens (including phenoxy) is 1. The monoisotopic (exact) mass is 322 g/mol. The van der Waals surface area contributed by atoms with Crippen molar-refractivity contribution in [1.29, 1.82) is 0 Å². The van der Waals surface area contributed by atoms with Gasteiger partial charge < -0.3 is 10.5 Å². The molecule has 6 heteroatoms. The van der Waals surface area contributed by atoms with Gasteiger partial charge in [-0.25, -0.2) is 4.68 Å². The van der Waals surface area contributed by atoms with Crippen molar-refractivity contribution in [2.75, 3.05) is 13.2 Å². The molecule has 2 N–H and O–H groups in total. The van der Waals surface area contributed by atoms with Crippen molar-refractivity contribution in [2.45, 2.75) is 18.9 Å². The van der Waals surface area contributed by atoms with E-state index in [1.165, 1.54) is 0 Å². The van der Waals surface area contributed by atoms with Gasteiger partial charge in [0, 0.05) is 18.8 Å². The molecule has 1 fully saturated rings. The maximum Gasteiger partial charge on any atom is 0.249 e. The highest BCUT2D eigenvalue weighted by atomic mass is 16.5. The maximum absolute atomic E-state index is 11.6. The van der Waals surface area contributed by atoms with Crippen molar-refractivity contribution in [3.63, 3.8) is 0 Å². The van der Waals surface area contributed by atoms with Crippen LogP contribution in [0.15, 0.2) is 42.5 Å². The molecule has 122 valence electrons. The molecule has 1 aliphatic heterocycles. The molecule has 3 aromatic rings. The van der Waals surface area contributed by atoms with E-state index in [0.717, 1.165) is 48.2 Å². The molecule has 1 saturated heterocycles. The molecule has 1 amide bonds. The molecule has 1 aliphatic rings. The molecule has 6 nitrogen and oxygen atoms in total. The van der Waals surface area contributed by atoms with Crippen molar-refractivity contribution < 1.29 is 9.53 Å². The lowest BCUT2D eigenvalue weighted by Gasteiger charge is -2.22.